The van der Waals surface area contributed by atoms with Crippen molar-refractivity contribution >= 4 is 45.1 Å². The van der Waals surface area contributed by atoms with E-state index in [1.165, 1.54) is 12.1 Å². The molecule has 7 nitrogen and oxygen atoms in total. The number of anilines is 1. The maximum absolute atomic E-state index is 13.1. The molecular weight excluding hydrogens is 454 g/mol. The third-order valence-electron chi connectivity index (χ3n) is 5.79. The van der Waals surface area contributed by atoms with Crippen LogP contribution in [-0.4, -0.2) is 29.4 Å². The normalized spacial score (nSPS) is 10.8. The number of rotatable bonds is 6. The molecule has 4 aromatic carbocycles. The summed E-state index contributed by atoms with van der Waals surface area (Å²) >= 11 is 0. The summed E-state index contributed by atoms with van der Waals surface area (Å²) in [7, 11) is 0. The molecule has 1 aromatic heterocycles. The summed E-state index contributed by atoms with van der Waals surface area (Å²) < 4.78 is 5.36. The van der Waals surface area contributed by atoms with Crippen LogP contribution >= 0.6 is 0 Å². The Hall–Kier alpha value is -5.04. The van der Waals surface area contributed by atoms with Gasteiger partial charge in [0, 0.05) is 22.2 Å². The molecule has 0 aliphatic rings. The molecule has 5 aromatic rings. The zero-order chi connectivity index (χ0) is 25.1. The minimum Gasteiger partial charge on any atom is -0.452 e. The number of amides is 2. The van der Waals surface area contributed by atoms with Gasteiger partial charge in [-0.1, -0.05) is 60.7 Å². The Labute approximate surface area is 206 Å². The van der Waals surface area contributed by atoms with Crippen LogP contribution in [-0.2, 0) is 9.53 Å². The van der Waals surface area contributed by atoms with Crippen molar-refractivity contribution in [1.29, 1.82) is 0 Å². The van der Waals surface area contributed by atoms with Crippen LogP contribution < -0.4 is 11.1 Å². The van der Waals surface area contributed by atoms with E-state index in [0.717, 1.165) is 16.3 Å². The number of fused-ring (bicyclic) bond motifs is 2. The molecule has 0 aliphatic heterocycles. The van der Waals surface area contributed by atoms with Crippen molar-refractivity contribution in [2.45, 2.75) is 0 Å². The standard InChI is InChI=1S/C29H21N3O4/c30-28(34)19-12-14-20(15-13-19)31-27(33)17-36-29(35)24-16-26(32-25-11-4-3-9-23(24)25)22-10-5-7-18-6-1-2-8-21(18)22/h1-16H,17H2,(H2,30,34)(H,31,33). The highest BCUT2D eigenvalue weighted by atomic mass is 16.5. The van der Waals surface area contributed by atoms with Crippen molar-refractivity contribution in [2.24, 2.45) is 5.73 Å². The van der Waals surface area contributed by atoms with Crippen LogP contribution in [0.1, 0.15) is 20.7 Å². The lowest BCUT2D eigenvalue weighted by atomic mass is 9.99. The van der Waals surface area contributed by atoms with Crippen LogP contribution in [0, 0.1) is 0 Å². The van der Waals surface area contributed by atoms with E-state index in [0.29, 0.717) is 33.4 Å². The Morgan fingerprint density at radius 2 is 1.50 bits per heavy atom. The Morgan fingerprint density at radius 1 is 0.806 bits per heavy atom. The van der Waals surface area contributed by atoms with Crippen molar-refractivity contribution in [3.8, 4) is 11.3 Å². The Kier molecular flexibility index (Phi) is 6.11. The highest BCUT2D eigenvalue weighted by Gasteiger charge is 2.17. The van der Waals surface area contributed by atoms with Gasteiger partial charge in [0.25, 0.3) is 5.91 Å². The molecule has 0 bridgehead atoms. The van der Waals surface area contributed by atoms with Crippen LogP contribution in [0.4, 0.5) is 5.69 Å². The minimum absolute atomic E-state index is 0.321. The van der Waals surface area contributed by atoms with Crippen molar-refractivity contribution < 1.29 is 19.1 Å². The van der Waals surface area contributed by atoms with Crippen molar-refractivity contribution in [3.63, 3.8) is 0 Å². The van der Waals surface area contributed by atoms with E-state index in [2.05, 4.69) is 5.32 Å². The third-order valence-corrected chi connectivity index (χ3v) is 5.79. The zero-order valence-electron chi connectivity index (χ0n) is 19.1. The number of nitrogens with zero attached hydrogens (tertiary/aromatic N) is 1. The number of para-hydroxylation sites is 1. The third kappa shape index (κ3) is 4.63. The van der Waals surface area contributed by atoms with Crippen LogP contribution in [0.15, 0.2) is 97.1 Å². The van der Waals surface area contributed by atoms with E-state index in [4.69, 9.17) is 15.5 Å². The molecule has 0 aliphatic carbocycles. The molecular formula is C29H21N3O4. The largest absolute Gasteiger partial charge is 0.452 e. The summed E-state index contributed by atoms with van der Waals surface area (Å²) in [5.41, 5.74) is 8.50. The van der Waals surface area contributed by atoms with Gasteiger partial charge in [0.2, 0.25) is 5.91 Å². The number of esters is 1. The molecule has 0 atom stereocenters. The number of pyridine rings is 1. The van der Waals surface area contributed by atoms with Gasteiger partial charge in [-0.3, -0.25) is 9.59 Å². The number of aromatic nitrogens is 1. The van der Waals surface area contributed by atoms with E-state index >= 15 is 0 Å². The second-order valence-electron chi connectivity index (χ2n) is 8.16. The maximum atomic E-state index is 13.1. The lowest BCUT2D eigenvalue weighted by molar-refractivity contribution is -0.119. The van der Waals surface area contributed by atoms with Crippen LogP contribution in [0.5, 0.6) is 0 Å². The summed E-state index contributed by atoms with van der Waals surface area (Å²) in [5, 5.41) is 5.34. The fourth-order valence-electron chi connectivity index (χ4n) is 4.05. The quantitative estimate of drug-likeness (QED) is 0.338. The molecule has 5 rings (SSSR count). The van der Waals surface area contributed by atoms with Crippen molar-refractivity contribution in [1.82, 2.24) is 4.98 Å². The summed E-state index contributed by atoms with van der Waals surface area (Å²) in [6.45, 7) is -0.476. The van der Waals surface area contributed by atoms with Crippen LogP contribution in [0.3, 0.4) is 0 Å². The fourth-order valence-corrected chi connectivity index (χ4v) is 4.05. The topological polar surface area (TPSA) is 111 Å². The first-order chi connectivity index (χ1) is 17.5. The van der Waals surface area contributed by atoms with Crippen LogP contribution in [0.2, 0.25) is 0 Å². The minimum atomic E-state index is -0.630. The van der Waals surface area contributed by atoms with Gasteiger partial charge in [-0.05, 0) is 47.2 Å². The molecule has 0 radical (unpaired) electrons. The number of benzene rings is 4. The van der Waals surface area contributed by atoms with Gasteiger partial charge in [-0.2, -0.15) is 0 Å². The Balaban J connectivity index is 1.40. The van der Waals surface area contributed by atoms with E-state index in [9.17, 15) is 14.4 Å². The van der Waals surface area contributed by atoms with Gasteiger partial charge in [0.15, 0.2) is 6.61 Å². The van der Waals surface area contributed by atoms with E-state index in [1.807, 2.05) is 60.7 Å². The average molecular weight is 476 g/mol. The molecule has 3 N–H and O–H groups in total. The first-order valence-corrected chi connectivity index (χ1v) is 11.2. The molecule has 0 spiro atoms. The maximum Gasteiger partial charge on any atom is 0.339 e. The van der Waals surface area contributed by atoms with Gasteiger partial charge in [0.1, 0.15) is 0 Å². The summed E-state index contributed by atoms with van der Waals surface area (Å²) in [6, 6.07) is 29.0. The molecule has 0 unspecified atom stereocenters. The lowest BCUT2D eigenvalue weighted by Gasteiger charge is -2.12. The molecule has 0 fully saturated rings. The molecule has 2 amide bonds. The van der Waals surface area contributed by atoms with E-state index in [-0.39, 0.29) is 0 Å². The monoisotopic (exact) mass is 475 g/mol. The first kappa shape index (κ1) is 22.7. The average Bonchev–Trinajstić information content (AvgIpc) is 2.91. The van der Waals surface area contributed by atoms with Crippen molar-refractivity contribution in [2.75, 3.05) is 11.9 Å². The van der Waals surface area contributed by atoms with Gasteiger partial charge >= 0.3 is 5.97 Å². The zero-order valence-corrected chi connectivity index (χ0v) is 19.1. The Morgan fingerprint density at radius 3 is 2.28 bits per heavy atom. The van der Waals surface area contributed by atoms with Gasteiger partial charge in [-0.25, -0.2) is 9.78 Å². The smallest absolute Gasteiger partial charge is 0.339 e. The number of primary amides is 1. The van der Waals surface area contributed by atoms with Gasteiger partial charge < -0.3 is 15.8 Å². The van der Waals surface area contributed by atoms with Gasteiger partial charge in [-0.15, -0.1) is 0 Å². The summed E-state index contributed by atoms with van der Waals surface area (Å²) in [4.78, 5) is 41.5. The lowest BCUT2D eigenvalue weighted by Crippen LogP contribution is -2.21. The summed E-state index contributed by atoms with van der Waals surface area (Å²) in [6.07, 6.45) is 0. The molecule has 7 heteroatoms. The molecule has 0 saturated heterocycles. The first-order valence-electron chi connectivity index (χ1n) is 11.2. The fraction of sp³-hybridized carbons (Fsp3) is 0.0345. The number of hydrogen-bond acceptors (Lipinski definition) is 5. The highest BCUT2D eigenvalue weighted by Crippen LogP contribution is 2.30. The van der Waals surface area contributed by atoms with Gasteiger partial charge in [0.05, 0.1) is 16.8 Å². The molecule has 176 valence electrons. The highest BCUT2D eigenvalue weighted by molar-refractivity contribution is 6.07. The summed E-state index contributed by atoms with van der Waals surface area (Å²) in [5.74, 6) is -1.70. The SMILES string of the molecule is NC(=O)c1ccc(NC(=O)COC(=O)c2cc(-c3cccc4ccccc34)nc3ccccc23)cc1. The number of nitrogens with one attached hydrogen (secondary N) is 1. The predicted octanol–water partition coefficient (Wildman–Crippen LogP) is 4.95. The number of ether oxygens (including phenoxy) is 1. The molecule has 0 saturated carbocycles. The van der Waals surface area contributed by atoms with E-state index < -0.39 is 24.4 Å². The van der Waals surface area contributed by atoms with Crippen molar-refractivity contribution in [3.05, 3.63) is 108 Å². The number of carbonyl (C=O) groups excluding carboxylic acids is 3. The number of hydrogen-bond donors (Lipinski definition) is 2. The number of nitrogens with two attached hydrogens (primary N) is 1. The molecule has 36 heavy (non-hydrogen) atoms. The van der Waals surface area contributed by atoms with Crippen LogP contribution in [0.25, 0.3) is 32.9 Å². The van der Waals surface area contributed by atoms with E-state index in [1.54, 1.807) is 24.3 Å². The predicted molar refractivity (Wildman–Crippen MR) is 139 cm³/mol. The number of carbonyl (C=O) groups is 3. The second kappa shape index (κ2) is 9.68. The second-order valence-corrected chi connectivity index (χ2v) is 8.16. The Bertz CT molecular complexity index is 1620. The molecule has 1 heterocycles.